The second-order valence-corrected chi connectivity index (χ2v) is 8.17. The van der Waals surface area contributed by atoms with Gasteiger partial charge in [0.15, 0.2) is 0 Å². The van der Waals surface area contributed by atoms with Gasteiger partial charge in [0.1, 0.15) is 17.9 Å². The lowest BCUT2D eigenvalue weighted by molar-refractivity contribution is -0.122. The highest BCUT2D eigenvalue weighted by Gasteiger charge is 2.37. The van der Waals surface area contributed by atoms with Gasteiger partial charge in [-0.05, 0) is 66.1 Å². The molecule has 166 valence electrons. The van der Waals surface area contributed by atoms with Crippen molar-refractivity contribution in [1.29, 1.82) is 0 Å². The summed E-state index contributed by atoms with van der Waals surface area (Å²) in [6, 6.07) is 18.3. The Morgan fingerprint density at radius 3 is 2.33 bits per heavy atom. The molecular formula is C25H18Cl2N2O4. The Labute approximate surface area is 200 Å². The number of halogens is 2. The van der Waals surface area contributed by atoms with E-state index in [1.165, 1.54) is 6.08 Å². The molecule has 3 aromatic rings. The van der Waals surface area contributed by atoms with Gasteiger partial charge in [-0.15, -0.1) is 0 Å². The number of nitrogens with one attached hydrogen (secondary N) is 1. The normalized spacial score (nSPS) is 15.1. The Bertz CT molecular complexity index is 1270. The summed E-state index contributed by atoms with van der Waals surface area (Å²) in [5.41, 5.74) is 2.28. The SMILES string of the molecule is Cc1c(Cl)cccc1N1C(=O)NC(=O)/C(=C\c2ccc(OCc3ccc(Cl)cc3)cc2)C1=O. The summed E-state index contributed by atoms with van der Waals surface area (Å²) in [7, 11) is 0. The maximum Gasteiger partial charge on any atom is 0.335 e. The molecule has 0 atom stereocenters. The van der Waals surface area contributed by atoms with Crippen LogP contribution in [0.25, 0.3) is 6.08 Å². The van der Waals surface area contributed by atoms with Crippen molar-refractivity contribution < 1.29 is 19.1 Å². The summed E-state index contributed by atoms with van der Waals surface area (Å²) in [5, 5.41) is 3.27. The van der Waals surface area contributed by atoms with Gasteiger partial charge in [-0.3, -0.25) is 14.9 Å². The third-order valence-electron chi connectivity index (χ3n) is 5.09. The molecule has 4 amide bonds. The first-order valence-electron chi connectivity index (χ1n) is 9.97. The van der Waals surface area contributed by atoms with Crippen molar-refractivity contribution in [2.45, 2.75) is 13.5 Å². The van der Waals surface area contributed by atoms with Gasteiger partial charge in [0.05, 0.1) is 5.69 Å². The number of anilines is 1. The van der Waals surface area contributed by atoms with E-state index in [2.05, 4.69) is 5.32 Å². The number of carbonyl (C=O) groups is 3. The lowest BCUT2D eigenvalue weighted by Crippen LogP contribution is -2.54. The van der Waals surface area contributed by atoms with Crippen molar-refractivity contribution in [2.75, 3.05) is 4.90 Å². The van der Waals surface area contributed by atoms with Crippen LogP contribution in [0, 0.1) is 6.92 Å². The molecular weight excluding hydrogens is 463 g/mol. The van der Waals surface area contributed by atoms with Crippen molar-refractivity contribution in [3.05, 3.63) is 99.0 Å². The van der Waals surface area contributed by atoms with E-state index in [4.69, 9.17) is 27.9 Å². The van der Waals surface area contributed by atoms with Crippen molar-refractivity contribution in [3.63, 3.8) is 0 Å². The van der Waals surface area contributed by atoms with Gasteiger partial charge in [-0.1, -0.05) is 53.5 Å². The number of imide groups is 2. The Morgan fingerprint density at radius 2 is 1.64 bits per heavy atom. The fourth-order valence-corrected chi connectivity index (χ4v) is 3.58. The number of rotatable bonds is 5. The number of amides is 4. The van der Waals surface area contributed by atoms with E-state index in [-0.39, 0.29) is 5.57 Å². The zero-order chi connectivity index (χ0) is 23.5. The molecule has 1 N–H and O–H groups in total. The van der Waals surface area contributed by atoms with Gasteiger partial charge >= 0.3 is 6.03 Å². The summed E-state index contributed by atoms with van der Waals surface area (Å²) in [6.07, 6.45) is 1.43. The Kier molecular flexibility index (Phi) is 6.49. The highest BCUT2D eigenvalue weighted by molar-refractivity contribution is 6.40. The third-order valence-corrected chi connectivity index (χ3v) is 5.75. The van der Waals surface area contributed by atoms with E-state index >= 15 is 0 Å². The topological polar surface area (TPSA) is 75.7 Å². The first-order chi connectivity index (χ1) is 15.8. The Hall–Kier alpha value is -3.61. The van der Waals surface area contributed by atoms with E-state index in [0.29, 0.717) is 39.2 Å². The van der Waals surface area contributed by atoms with Gasteiger partial charge < -0.3 is 4.74 Å². The predicted molar refractivity (Wildman–Crippen MR) is 127 cm³/mol. The molecule has 1 fully saturated rings. The largest absolute Gasteiger partial charge is 0.489 e. The molecule has 3 aromatic carbocycles. The van der Waals surface area contributed by atoms with E-state index in [1.807, 2.05) is 12.1 Å². The minimum Gasteiger partial charge on any atom is -0.489 e. The molecule has 1 aliphatic heterocycles. The summed E-state index contributed by atoms with van der Waals surface area (Å²) in [5.74, 6) is -0.862. The number of nitrogens with zero attached hydrogens (tertiary/aromatic N) is 1. The number of ether oxygens (including phenoxy) is 1. The van der Waals surface area contributed by atoms with Gasteiger partial charge in [-0.25, -0.2) is 9.69 Å². The average Bonchev–Trinajstić information content (AvgIpc) is 2.80. The van der Waals surface area contributed by atoms with Crippen molar-refractivity contribution in [3.8, 4) is 5.75 Å². The molecule has 1 heterocycles. The fraction of sp³-hybridized carbons (Fsp3) is 0.0800. The Morgan fingerprint density at radius 1 is 0.939 bits per heavy atom. The van der Waals surface area contributed by atoms with Crippen LogP contribution in [-0.2, 0) is 16.2 Å². The van der Waals surface area contributed by atoms with Crippen LogP contribution in [0.15, 0.2) is 72.3 Å². The second kappa shape index (κ2) is 9.48. The van der Waals surface area contributed by atoms with Crippen LogP contribution in [0.3, 0.4) is 0 Å². The van der Waals surface area contributed by atoms with Gasteiger partial charge in [0, 0.05) is 10.0 Å². The van der Waals surface area contributed by atoms with Crippen molar-refractivity contribution in [1.82, 2.24) is 5.32 Å². The maximum atomic E-state index is 13.1. The third kappa shape index (κ3) is 4.92. The molecule has 4 rings (SSSR count). The number of hydrogen-bond acceptors (Lipinski definition) is 4. The molecule has 33 heavy (non-hydrogen) atoms. The first kappa shape index (κ1) is 22.6. The molecule has 0 radical (unpaired) electrons. The molecule has 1 saturated heterocycles. The quantitative estimate of drug-likeness (QED) is 0.383. The Balaban J connectivity index is 1.54. The number of benzene rings is 3. The smallest absolute Gasteiger partial charge is 0.335 e. The van der Waals surface area contributed by atoms with E-state index in [1.54, 1.807) is 61.5 Å². The standard InChI is InChI=1S/C25H18Cl2N2O4/c1-15-21(27)3-2-4-22(15)29-24(31)20(23(30)28-25(29)32)13-16-7-11-19(12-8-16)33-14-17-5-9-18(26)10-6-17/h2-13H,14H2,1H3,(H,28,30,32)/b20-13+. The number of hydrogen-bond donors (Lipinski definition) is 1. The molecule has 1 aliphatic rings. The zero-order valence-corrected chi connectivity index (χ0v) is 19.0. The van der Waals surface area contributed by atoms with Crippen LogP contribution >= 0.6 is 23.2 Å². The maximum absolute atomic E-state index is 13.1. The molecule has 0 unspecified atom stereocenters. The molecule has 0 saturated carbocycles. The van der Waals surface area contributed by atoms with Crippen molar-refractivity contribution >= 4 is 52.8 Å². The van der Waals surface area contributed by atoms with Gasteiger partial charge in [-0.2, -0.15) is 0 Å². The summed E-state index contributed by atoms with van der Waals surface area (Å²) in [6.45, 7) is 2.06. The molecule has 8 heteroatoms. The molecule has 6 nitrogen and oxygen atoms in total. The van der Waals surface area contributed by atoms with E-state index in [9.17, 15) is 14.4 Å². The van der Waals surface area contributed by atoms with E-state index in [0.717, 1.165) is 10.5 Å². The number of carbonyl (C=O) groups excluding carboxylic acids is 3. The van der Waals surface area contributed by atoms with Gasteiger partial charge in [0.25, 0.3) is 11.8 Å². The fourth-order valence-electron chi connectivity index (χ4n) is 3.29. The van der Waals surface area contributed by atoms with Crippen LogP contribution in [0.2, 0.25) is 10.0 Å². The predicted octanol–water partition coefficient (Wildman–Crippen LogP) is 5.55. The summed E-state index contributed by atoms with van der Waals surface area (Å²) >= 11 is 12.0. The first-order valence-corrected chi connectivity index (χ1v) is 10.7. The minimum atomic E-state index is -0.821. The highest BCUT2D eigenvalue weighted by Crippen LogP contribution is 2.29. The molecule has 0 aromatic heterocycles. The monoisotopic (exact) mass is 480 g/mol. The van der Waals surface area contributed by atoms with Crippen molar-refractivity contribution in [2.24, 2.45) is 0 Å². The average molecular weight is 481 g/mol. The van der Waals surface area contributed by atoms with Crippen LogP contribution in [0.5, 0.6) is 5.75 Å². The highest BCUT2D eigenvalue weighted by atomic mass is 35.5. The van der Waals surface area contributed by atoms with Crippen LogP contribution in [0.4, 0.5) is 10.5 Å². The van der Waals surface area contributed by atoms with E-state index < -0.39 is 17.8 Å². The minimum absolute atomic E-state index is 0.163. The molecule has 0 aliphatic carbocycles. The van der Waals surface area contributed by atoms with Gasteiger partial charge in [0.2, 0.25) is 0 Å². The summed E-state index contributed by atoms with van der Waals surface area (Å²) < 4.78 is 5.76. The summed E-state index contributed by atoms with van der Waals surface area (Å²) in [4.78, 5) is 38.8. The molecule has 0 bridgehead atoms. The lowest BCUT2D eigenvalue weighted by atomic mass is 10.1. The molecule has 0 spiro atoms. The second-order valence-electron chi connectivity index (χ2n) is 7.33. The van der Waals surface area contributed by atoms with Crippen LogP contribution < -0.4 is 15.0 Å². The number of barbiturate groups is 1. The van der Waals surface area contributed by atoms with Crippen LogP contribution in [0.1, 0.15) is 16.7 Å². The zero-order valence-electron chi connectivity index (χ0n) is 17.5. The van der Waals surface area contributed by atoms with Crippen LogP contribution in [-0.4, -0.2) is 17.8 Å². The number of urea groups is 1. The lowest BCUT2D eigenvalue weighted by Gasteiger charge is -2.27.